The molecule has 1 N–H and O–H groups in total. The molecule has 0 spiro atoms. The second-order valence-corrected chi connectivity index (χ2v) is 6.76. The van der Waals surface area contributed by atoms with E-state index in [1.54, 1.807) is 13.2 Å². The van der Waals surface area contributed by atoms with E-state index in [-0.39, 0.29) is 16.4 Å². The SMILES string of the molecule is Cn1ncc(NCCCN2CCN(c3ccc(F)cc3)CC2)c(Cl)c1=O. The Hall–Kier alpha value is -2.12. The van der Waals surface area contributed by atoms with Crippen LogP contribution in [-0.2, 0) is 7.05 Å². The van der Waals surface area contributed by atoms with Crippen LogP contribution in [-0.4, -0.2) is 53.9 Å². The van der Waals surface area contributed by atoms with E-state index in [0.29, 0.717) is 5.69 Å². The van der Waals surface area contributed by atoms with E-state index in [1.165, 1.54) is 16.8 Å². The number of hydrogen-bond acceptors (Lipinski definition) is 5. The predicted molar refractivity (Wildman–Crippen MR) is 103 cm³/mol. The summed E-state index contributed by atoms with van der Waals surface area (Å²) in [6.07, 6.45) is 2.52. The molecule has 0 aliphatic carbocycles. The van der Waals surface area contributed by atoms with Crippen LogP contribution in [0.1, 0.15) is 6.42 Å². The number of rotatable bonds is 6. The Kier molecular flexibility index (Phi) is 6.11. The summed E-state index contributed by atoms with van der Waals surface area (Å²) in [6, 6.07) is 6.67. The Bertz CT molecular complexity index is 787. The normalized spacial score (nSPS) is 15.3. The van der Waals surface area contributed by atoms with Crippen molar-refractivity contribution in [3.8, 4) is 0 Å². The zero-order valence-corrected chi connectivity index (χ0v) is 15.5. The molecule has 1 fully saturated rings. The minimum Gasteiger partial charge on any atom is -0.382 e. The number of aryl methyl sites for hydroxylation is 1. The van der Waals surface area contributed by atoms with E-state index >= 15 is 0 Å². The van der Waals surface area contributed by atoms with Crippen molar-refractivity contribution in [3.63, 3.8) is 0 Å². The van der Waals surface area contributed by atoms with Gasteiger partial charge in [0.2, 0.25) is 0 Å². The van der Waals surface area contributed by atoms with Crippen molar-refractivity contribution in [2.45, 2.75) is 6.42 Å². The summed E-state index contributed by atoms with van der Waals surface area (Å²) in [6.45, 7) is 5.52. The van der Waals surface area contributed by atoms with E-state index in [9.17, 15) is 9.18 Å². The van der Waals surface area contributed by atoms with Crippen molar-refractivity contribution in [2.24, 2.45) is 7.05 Å². The maximum atomic E-state index is 13.0. The molecule has 26 heavy (non-hydrogen) atoms. The third-order valence-corrected chi connectivity index (χ3v) is 4.97. The van der Waals surface area contributed by atoms with Gasteiger partial charge in [-0.3, -0.25) is 9.69 Å². The summed E-state index contributed by atoms with van der Waals surface area (Å²) in [4.78, 5) is 16.4. The fourth-order valence-electron chi connectivity index (χ4n) is 3.04. The summed E-state index contributed by atoms with van der Waals surface area (Å²) < 4.78 is 14.2. The minimum absolute atomic E-state index is 0.176. The van der Waals surface area contributed by atoms with Crippen LogP contribution in [0.15, 0.2) is 35.3 Å². The average molecular weight is 380 g/mol. The summed E-state index contributed by atoms with van der Waals surface area (Å²) >= 11 is 6.03. The Morgan fingerprint density at radius 1 is 1.19 bits per heavy atom. The topological polar surface area (TPSA) is 53.4 Å². The van der Waals surface area contributed by atoms with E-state index in [0.717, 1.165) is 51.4 Å². The molecule has 1 aliphatic heterocycles. The number of hydrogen-bond donors (Lipinski definition) is 1. The Morgan fingerprint density at radius 3 is 2.58 bits per heavy atom. The Labute approximate surface area is 157 Å². The fourth-order valence-corrected chi connectivity index (χ4v) is 3.28. The molecule has 0 amide bonds. The number of nitrogens with zero attached hydrogens (tertiary/aromatic N) is 4. The van der Waals surface area contributed by atoms with Crippen molar-refractivity contribution < 1.29 is 4.39 Å². The number of halogens is 2. The second-order valence-electron chi connectivity index (χ2n) is 6.39. The molecule has 0 saturated carbocycles. The molecule has 140 valence electrons. The molecule has 0 unspecified atom stereocenters. The van der Waals surface area contributed by atoms with Gasteiger partial charge in [0, 0.05) is 45.5 Å². The summed E-state index contributed by atoms with van der Waals surface area (Å²) in [5.74, 6) is -0.202. The highest BCUT2D eigenvalue weighted by Crippen LogP contribution is 2.17. The van der Waals surface area contributed by atoms with Crippen molar-refractivity contribution in [3.05, 3.63) is 51.7 Å². The van der Waals surface area contributed by atoms with Crippen LogP contribution < -0.4 is 15.8 Å². The molecule has 3 rings (SSSR count). The summed E-state index contributed by atoms with van der Waals surface area (Å²) in [7, 11) is 1.57. The first-order valence-corrected chi connectivity index (χ1v) is 9.11. The van der Waals surface area contributed by atoms with Gasteiger partial charge < -0.3 is 10.2 Å². The number of aromatic nitrogens is 2. The number of benzene rings is 1. The maximum Gasteiger partial charge on any atom is 0.287 e. The van der Waals surface area contributed by atoms with Crippen molar-refractivity contribution >= 4 is 23.0 Å². The van der Waals surface area contributed by atoms with Crippen molar-refractivity contribution in [1.82, 2.24) is 14.7 Å². The van der Waals surface area contributed by atoms with Crippen molar-refractivity contribution in [2.75, 3.05) is 49.5 Å². The molecule has 2 aromatic rings. The number of anilines is 2. The monoisotopic (exact) mass is 379 g/mol. The molecule has 1 aromatic carbocycles. The third kappa shape index (κ3) is 4.53. The predicted octanol–water partition coefficient (Wildman–Crippen LogP) is 2.20. The zero-order chi connectivity index (χ0) is 18.5. The second kappa shape index (κ2) is 8.51. The molecule has 1 saturated heterocycles. The van der Waals surface area contributed by atoms with Gasteiger partial charge >= 0.3 is 0 Å². The Morgan fingerprint density at radius 2 is 1.88 bits per heavy atom. The van der Waals surface area contributed by atoms with E-state index in [4.69, 9.17) is 11.6 Å². The maximum absolute atomic E-state index is 13.0. The molecule has 0 atom stereocenters. The highest BCUT2D eigenvalue weighted by molar-refractivity contribution is 6.32. The smallest absolute Gasteiger partial charge is 0.287 e. The number of piperazine rings is 1. The van der Waals surface area contributed by atoms with Crippen LogP contribution in [0.3, 0.4) is 0 Å². The van der Waals surface area contributed by atoms with Gasteiger partial charge in [0.15, 0.2) is 0 Å². The van der Waals surface area contributed by atoms with Crippen LogP contribution >= 0.6 is 11.6 Å². The van der Waals surface area contributed by atoms with Crippen molar-refractivity contribution in [1.29, 1.82) is 0 Å². The molecule has 6 nitrogen and oxygen atoms in total. The first-order chi connectivity index (χ1) is 12.5. The van der Waals surface area contributed by atoms with Gasteiger partial charge in [-0.05, 0) is 37.2 Å². The molecular formula is C18H23ClFN5O. The van der Waals surface area contributed by atoms with Gasteiger partial charge in [-0.1, -0.05) is 11.6 Å². The lowest BCUT2D eigenvalue weighted by Crippen LogP contribution is -2.46. The van der Waals surface area contributed by atoms with Gasteiger partial charge in [0.05, 0.1) is 11.9 Å². The molecule has 2 heterocycles. The lowest BCUT2D eigenvalue weighted by Gasteiger charge is -2.36. The van der Waals surface area contributed by atoms with Crippen LogP contribution in [0.2, 0.25) is 5.02 Å². The van der Waals surface area contributed by atoms with Crippen LogP contribution in [0.4, 0.5) is 15.8 Å². The zero-order valence-electron chi connectivity index (χ0n) is 14.8. The molecule has 0 bridgehead atoms. The van der Waals surface area contributed by atoms with Crippen LogP contribution in [0.5, 0.6) is 0 Å². The van der Waals surface area contributed by atoms with Gasteiger partial charge in [0.1, 0.15) is 10.8 Å². The largest absolute Gasteiger partial charge is 0.382 e. The van der Waals surface area contributed by atoms with Gasteiger partial charge in [-0.2, -0.15) is 5.10 Å². The molecule has 8 heteroatoms. The van der Waals surface area contributed by atoms with Gasteiger partial charge in [0.25, 0.3) is 5.56 Å². The molecule has 0 radical (unpaired) electrons. The third-order valence-electron chi connectivity index (χ3n) is 4.61. The number of nitrogens with one attached hydrogen (secondary N) is 1. The van der Waals surface area contributed by atoms with E-state index in [2.05, 4.69) is 20.2 Å². The van der Waals surface area contributed by atoms with E-state index in [1.807, 2.05) is 12.1 Å². The van der Waals surface area contributed by atoms with Crippen LogP contribution in [0.25, 0.3) is 0 Å². The van der Waals surface area contributed by atoms with E-state index < -0.39 is 0 Å². The van der Waals surface area contributed by atoms with Gasteiger partial charge in [-0.15, -0.1) is 0 Å². The highest BCUT2D eigenvalue weighted by atomic mass is 35.5. The first-order valence-electron chi connectivity index (χ1n) is 8.73. The molecule has 1 aromatic heterocycles. The minimum atomic E-state index is -0.298. The fraction of sp³-hybridized carbons (Fsp3) is 0.444. The van der Waals surface area contributed by atoms with Crippen LogP contribution in [0, 0.1) is 5.82 Å². The summed E-state index contributed by atoms with van der Waals surface area (Å²) in [5, 5.41) is 7.32. The quantitative estimate of drug-likeness (QED) is 0.780. The van der Waals surface area contributed by atoms with Gasteiger partial charge in [-0.25, -0.2) is 9.07 Å². The summed E-state index contributed by atoms with van der Waals surface area (Å²) in [5.41, 5.74) is 1.35. The average Bonchev–Trinajstić information content (AvgIpc) is 2.66. The Balaban J connectivity index is 1.40. The first kappa shape index (κ1) is 18.7. The highest BCUT2D eigenvalue weighted by Gasteiger charge is 2.16. The standard InChI is InChI=1S/C18H23ClFN5O/c1-23-18(26)17(19)16(13-22-23)21-7-2-8-24-9-11-25(12-10-24)15-5-3-14(20)4-6-15/h3-6,13,21H,2,7-12H2,1H3. The lowest BCUT2D eigenvalue weighted by atomic mass is 10.2. The molecular weight excluding hydrogens is 357 g/mol. The molecule has 1 aliphatic rings. The lowest BCUT2D eigenvalue weighted by molar-refractivity contribution is 0.257.